The normalized spacial score (nSPS) is 8.17. The van der Waals surface area contributed by atoms with Crippen molar-refractivity contribution in [3.63, 3.8) is 0 Å². The van der Waals surface area contributed by atoms with Crippen molar-refractivity contribution in [2.75, 3.05) is 18.1 Å². The summed E-state index contributed by atoms with van der Waals surface area (Å²) in [6.07, 6.45) is 4.96. The van der Waals surface area contributed by atoms with Gasteiger partial charge in [-0.3, -0.25) is 4.21 Å². The van der Waals surface area contributed by atoms with Gasteiger partial charge in [0.05, 0.1) is 0 Å². The summed E-state index contributed by atoms with van der Waals surface area (Å²) >= 11 is 0. The van der Waals surface area contributed by atoms with Crippen LogP contribution in [0.4, 0.5) is 0 Å². The van der Waals surface area contributed by atoms with Crippen LogP contribution in [0.15, 0.2) is 38.0 Å². The lowest BCUT2D eigenvalue weighted by Crippen LogP contribution is -1.95. The standard InChI is InChI=1S/C6H10OS.C3H7N/c1-3-5-8(7)6-4-2;1-2-3-4/h3-4H,1-2,5-6H2;2H,1,3-4H2. The minimum atomic E-state index is -0.756. The number of nitrogens with two attached hydrogens (primary N) is 1. The van der Waals surface area contributed by atoms with Crippen LogP contribution in [0.25, 0.3) is 0 Å². The summed E-state index contributed by atoms with van der Waals surface area (Å²) in [5.74, 6) is 1.15. The molecule has 0 unspecified atom stereocenters. The second-order valence-corrected chi connectivity index (χ2v) is 3.42. The Bertz CT molecular complexity index is 143. The predicted molar refractivity (Wildman–Crippen MR) is 57.5 cm³/mol. The van der Waals surface area contributed by atoms with Crippen LogP contribution in [0, 0.1) is 0 Å². The second-order valence-electron chi connectivity index (χ2n) is 1.87. The summed E-state index contributed by atoms with van der Waals surface area (Å²) in [5.41, 5.74) is 4.91. The molecule has 0 saturated heterocycles. The van der Waals surface area contributed by atoms with E-state index in [2.05, 4.69) is 19.7 Å². The molecule has 3 heteroatoms. The van der Waals surface area contributed by atoms with Gasteiger partial charge in [0, 0.05) is 28.9 Å². The Morgan fingerprint density at radius 2 is 1.42 bits per heavy atom. The minimum Gasteiger partial charge on any atom is -0.327 e. The van der Waals surface area contributed by atoms with Crippen molar-refractivity contribution in [2.24, 2.45) is 5.73 Å². The van der Waals surface area contributed by atoms with Crippen molar-refractivity contribution in [3.8, 4) is 0 Å². The van der Waals surface area contributed by atoms with E-state index in [1.54, 1.807) is 18.2 Å². The summed E-state index contributed by atoms with van der Waals surface area (Å²) < 4.78 is 10.6. The Labute approximate surface area is 77.3 Å². The van der Waals surface area contributed by atoms with Gasteiger partial charge >= 0.3 is 0 Å². The molecule has 0 amide bonds. The fourth-order valence-corrected chi connectivity index (χ4v) is 0.993. The molecule has 0 spiro atoms. The molecule has 0 aliphatic rings. The monoisotopic (exact) mass is 187 g/mol. The first kappa shape index (κ1) is 13.9. The SMILES string of the molecule is C=CCN.C=CCS(=O)CC=C. The van der Waals surface area contributed by atoms with Crippen LogP contribution < -0.4 is 5.73 Å². The third-order valence-electron chi connectivity index (χ3n) is 0.774. The maximum absolute atomic E-state index is 10.6. The minimum absolute atomic E-state index is 0.575. The van der Waals surface area contributed by atoms with Crippen LogP contribution in [-0.2, 0) is 10.8 Å². The van der Waals surface area contributed by atoms with E-state index in [1.165, 1.54) is 0 Å². The molecule has 2 N–H and O–H groups in total. The first-order valence-corrected chi connectivity index (χ1v) is 5.09. The Hall–Kier alpha value is -0.670. The molecule has 0 aliphatic heterocycles. The van der Waals surface area contributed by atoms with Crippen LogP contribution in [0.2, 0.25) is 0 Å². The highest BCUT2D eigenvalue weighted by Gasteiger charge is 1.88. The topological polar surface area (TPSA) is 43.1 Å². The molecule has 0 atom stereocenters. The Kier molecular flexibility index (Phi) is 15.0. The molecule has 0 radical (unpaired) electrons. The lowest BCUT2D eigenvalue weighted by atomic mass is 10.7. The number of rotatable bonds is 5. The van der Waals surface area contributed by atoms with Crippen LogP contribution in [0.5, 0.6) is 0 Å². The fourth-order valence-electron chi connectivity index (χ4n) is 0.331. The molecule has 2 nitrogen and oxygen atoms in total. The van der Waals surface area contributed by atoms with E-state index >= 15 is 0 Å². The maximum Gasteiger partial charge on any atom is 0.0415 e. The fraction of sp³-hybridized carbons (Fsp3) is 0.333. The number of hydrogen-bond acceptors (Lipinski definition) is 2. The van der Waals surface area contributed by atoms with Crippen molar-refractivity contribution in [2.45, 2.75) is 0 Å². The van der Waals surface area contributed by atoms with Gasteiger partial charge in [-0.15, -0.1) is 19.7 Å². The molecule has 0 heterocycles. The van der Waals surface area contributed by atoms with E-state index in [0.717, 1.165) is 0 Å². The van der Waals surface area contributed by atoms with E-state index in [-0.39, 0.29) is 0 Å². The average Bonchev–Trinajstić information content (AvgIpc) is 2.06. The largest absolute Gasteiger partial charge is 0.327 e. The highest BCUT2D eigenvalue weighted by atomic mass is 32.2. The highest BCUT2D eigenvalue weighted by Crippen LogP contribution is 1.81. The van der Waals surface area contributed by atoms with Crippen molar-refractivity contribution < 1.29 is 4.21 Å². The van der Waals surface area contributed by atoms with Gasteiger partial charge in [0.15, 0.2) is 0 Å². The van der Waals surface area contributed by atoms with Crippen molar-refractivity contribution >= 4 is 10.8 Å². The van der Waals surface area contributed by atoms with Gasteiger partial charge in [0.1, 0.15) is 0 Å². The Morgan fingerprint density at radius 3 is 1.58 bits per heavy atom. The van der Waals surface area contributed by atoms with Gasteiger partial charge in [0.2, 0.25) is 0 Å². The molecule has 0 aromatic heterocycles. The highest BCUT2D eigenvalue weighted by molar-refractivity contribution is 7.85. The van der Waals surface area contributed by atoms with Gasteiger partial charge in [-0.05, 0) is 0 Å². The van der Waals surface area contributed by atoms with Crippen molar-refractivity contribution in [1.82, 2.24) is 0 Å². The third kappa shape index (κ3) is 16.2. The maximum atomic E-state index is 10.6. The summed E-state index contributed by atoms with van der Waals surface area (Å²) in [7, 11) is -0.756. The number of hydrogen-bond donors (Lipinski definition) is 1. The van der Waals surface area contributed by atoms with Crippen LogP contribution in [-0.4, -0.2) is 22.3 Å². The third-order valence-corrected chi connectivity index (χ3v) is 1.99. The van der Waals surface area contributed by atoms with Crippen LogP contribution in [0.1, 0.15) is 0 Å². The lowest BCUT2D eigenvalue weighted by molar-refractivity contribution is 0.687. The average molecular weight is 187 g/mol. The van der Waals surface area contributed by atoms with E-state index in [9.17, 15) is 4.21 Å². The predicted octanol–water partition coefficient (Wildman–Crippen LogP) is 1.24. The molecule has 0 saturated carbocycles. The van der Waals surface area contributed by atoms with Gasteiger partial charge < -0.3 is 5.73 Å². The Balaban J connectivity index is 0. The molecule has 0 fully saturated rings. The van der Waals surface area contributed by atoms with E-state index in [4.69, 9.17) is 5.73 Å². The van der Waals surface area contributed by atoms with Gasteiger partial charge in [0.25, 0.3) is 0 Å². The Morgan fingerprint density at radius 1 is 1.08 bits per heavy atom. The van der Waals surface area contributed by atoms with Crippen molar-refractivity contribution in [1.29, 1.82) is 0 Å². The molecule has 0 aromatic carbocycles. The van der Waals surface area contributed by atoms with Gasteiger partial charge in [-0.25, -0.2) is 0 Å². The smallest absolute Gasteiger partial charge is 0.0415 e. The molecule has 0 aromatic rings. The summed E-state index contributed by atoms with van der Waals surface area (Å²) in [5, 5.41) is 0. The van der Waals surface area contributed by atoms with E-state index in [0.29, 0.717) is 18.1 Å². The summed E-state index contributed by atoms with van der Waals surface area (Å²) in [4.78, 5) is 0. The zero-order chi connectivity index (χ0) is 9.82. The zero-order valence-corrected chi connectivity index (χ0v) is 8.19. The van der Waals surface area contributed by atoms with Gasteiger partial charge in [-0.1, -0.05) is 18.2 Å². The molecule has 0 bridgehead atoms. The van der Waals surface area contributed by atoms with Crippen molar-refractivity contribution in [3.05, 3.63) is 38.0 Å². The molecule has 70 valence electrons. The zero-order valence-electron chi connectivity index (χ0n) is 7.37. The summed E-state index contributed by atoms with van der Waals surface area (Å²) in [6.45, 7) is 10.8. The quantitative estimate of drug-likeness (QED) is 0.658. The lowest BCUT2D eigenvalue weighted by Gasteiger charge is -1.87. The van der Waals surface area contributed by atoms with Crippen LogP contribution in [0.3, 0.4) is 0 Å². The molecular weight excluding hydrogens is 170 g/mol. The first-order valence-electron chi connectivity index (χ1n) is 3.60. The van der Waals surface area contributed by atoms with E-state index in [1.807, 2.05) is 0 Å². The second kappa shape index (κ2) is 13.0. The van der Waals surface area contributed by atoms with E-state index < -0.39 is 10.8 Å². The molecule has 0 aliphatic carbocycles. The summed E-state index contributed by atoms with van der Waals surface area (Å²) in [6, 6.07) is 0. The molecular formula is C9H17NOS. The molecule has 0 rings (SSSR count). The first-order chi connectivity index (χ1) is 5.72. The van der Waals surface area contributed by atoms with Gasteiger partial charge in [-0.2, -0.15) is 0 Å². The van der Waals surface area contributed by atoms with Crippen LogP contribution >= 0.6 is 0 Å². The molecule has 12 heavy (non-hydrogen) atoms.